The number of nitrogens with two attached hydrogens (primary N) is 1. The fourth-order valence-corrected chi connectivity index (χ4v) is 3.67. The van der Waals surface area contributed by atoms with Crippen molar-refractivity contribution >= 4 is 30.7 Å². The van der Waals surface area contributed by atoms with E-state index in [2.05, 4.69) is 4.90 Å². The Morgan fingerprint density at radius 3 is 2.33 bits per heavy atom. The number of piperidine rings is 1. The van der Waals surface area contributed by atoms with Gasteiger partial charge in [-0.05, 0) is 51.3 Å². The van der Waals surface area contributed by atoms with Crippen LogP contribution in [0.25, 0.3) is 0 Å². The summed E-state index contributed by atoms with van der Waals surface area (Å²) in [6.07, 6.45) is 4.90. The molecule has 2 aliphatic rings. The molecular weight excluding hydrogens is 345 g/mol. The zero-order chi connectivity index (χ0) is 15.5. The van der Waals surface area contributed by atoms with Crippen LogP contribution >= 0.6 is 24.8 Å². The Kier molecular flexibility index (Phi) is 8.51. The lowest BCUT2D eigenvalue weighted by Crippen LogP contribution is -2.51. The van der Waals surface area contributed by atoms with Crippen LogP contribution in [0, 0.1) is 6.92 Å². The van der Waals surface area contributed by atoms with E-state index in [-0.39, 0.29) is 30.7 Å². The number of aryl methyl sites for hydroxylation is 1. The van der Waals surface area contributed by atoms with Gasteiger partial charge in [0.05, 0.1) is 0 Å². The summed E-state index contributed by atoms with van der Waals surface area (Å²) >= 11 is 0. The Hall–Kier alpha value is -0.810. The summed E-state index contributed by atoms with van der Waals surface area (Å²) in [5.41, 5.74) is 8.32. The van der Waals surface area contributed by atoms with E-state index in [0.29, 0.717) is 6.04 Å². The maximum Gasteiger partial charge on any atom is 0.244 e. The van der Waals surface area contributed by atoms with Crippen LogP contribution in [0.3, 0.4) is 0 Å². The molecule has 3 rings (SSSR count). The standard InChI is InChI=1S/C18H27N3O.2ClH/c1-14-6-8-15(9-7-14)17(19)18(22)21-12-4-5-16(13-21)20-10-2-3-11-20;;/h6-9,16-17H,2-5,10-13,19H2,1H3;2*1H. The number of carbonyl (C=O) groups excluding carboxylic acids is 1. The quantitative estimate of drug-likeness (QED) is 0.885. The lowest BCUT2D eigenvalue weighted by molar-refractivity contribution is -0.134. The van der Waals surface area contributed by atoms with Crippen LogP contribution in [0.2, 0.25) is 0 Å². The van der Waals surface area contributed by atoms with Crippen molar-refractivity contribution in [1.29, 1.82) is 0 Å². The first-order valence-corrected chi connectivity index (χ1v) is 8.50. The Bertz CT molecular complexity index is 518. The Labute approximate surface area is 157 Å². The maximum absolute atomic E-state index is 12.7. The third-order valence-corrected chi connectivity index (χ3v) is 5.07. The summed E-state index contributed by atoms with van der Waals surface area (Å²) in [7, 11) is 0. The summed E-state index contributed by atoms with van der Waals surface area (Å²) in [6, 6.07) is 7.99. The molecule has 0 aliphatic carbocycles. The molecule has 0 aromatic heterocycles. The summed E-state index contributed by atoms with van der Waals surface area (Å²) in [5.74, 6) is 0.0766. The zero-order valence-electron chi connectivity index (χ0n) is 14.3. The number of benzene rings is 1. The Balaban J connectivity index is 0.00000144. The lowest BCUT2D eigenvalue weighted by Gasteiger charge is -2.38. The van der Waals surface area contributed by atoms with Gasteiger partial charge < -0.3 is 10.6 Å². The number of amides is 1. The van der Waals surface area contributed by atoms with Crippen molar-refractivity contribution in [1.82, 2.24) is 9.80 Å². The molecule has 2 fully saturated rings. The van der Waals surface area contributed by atoms with Gasteiger partial charge in [-0.25, -0.2) is 0 Å². The molecule has 2 N–H and O–H groups in total. The van der Waals surface area contributed by atoms with E-state index >= 15 is 0 Å². The SMILES string of the molecule is Cc1ccc(C(N)C(=O)N2CCCC(N3CCCC3)C2)cc1.Cl.Cl. The highest BCUT2D eigenvalue weighted by atomic mass is 35.5. The highest BCUT2D eigenvalue weighted by Gasteiger charge is 2.31. The Morgan fingerprint density at radius 1 is 1.08 bits per heavy atom. The number of hydrogen-bond acceptors (Lipinski definition) is 3. The number of rotatable bonds is 3. The first kappa shape index (κ1) is 21.2. The molecule has 0 saturated carbocycles. The van der Waals surface area contributed by atoms with Crippen molar-refractivity contribution in [2.45, 2.75) is 44.7 Å². The highest BCUT2D eigenvalue weighted by molar-refractivity contribution is 5.85. The minimum Gasteiger partial charge on any atom is -0.339 e. The zero-order valence-corrected chi connectivity index (χ0v) is 16.0. The van der Waals surface area contributed by atoms with E-state index in [1.807, 2.05) is 36.1 Å². The molecule has 0 bridgehead atoms. The predicted molar refractivity (Wildman–Crippen MR) is 103 cm³/mol. The summed E-state index contributed by atoms with van der Waals surface area (Å²) < 4.78 is 0. The van der Waals surface area contributed by atoms with E-state index in [1.54, 1.807) is 0 Å². The molecule has 2 atom stereocenters. The maximum atomic E-state index is 12.7. The monoisotopic (exact) mass is 373 g/mol. The van der Waals surface area contributed by atoms with Crippen molar-refractivity contribution < 1.29 is 4.79 Å². The van der Waals surface area contributed by atoms with E-state index in [4.69, 9.17) is 5.73 Å². The van der Waals surface area contributed by atoms with Gasteiger partial charge in [-0.3, -0.25) is 9.69 Å². The van der Waals surface area contributed by atoms with Gasteiger partial charge in [-0.1, -0.05) is 29.8 Å². The Morgan fingerprint density at radius 2 is 1.71 bits per heavy atom. The first-order valence-electron chi connectivity index (χ1n) is 8.50. The van der Waals surface area contributed by atoms with Gasteiger partial charge in [0.25, 0.3) is 0 Å². The summed E-state index contributed by atoms with van der Waals surface area (Å²) in [4.78, 5) is 17.3. The van der Waals surface area contributed by atoms with Gasteiger partial charge >= 0.3 is 0 Å². The molecule has 2 saturated heterocycles. The van der Waals surface area contributed by atoms with E-state index in [0.717, 1.165) is 25.1 Å². The molecule has 0 radical (unpaired) electrons. The van der Waals surface area contributed by atoms with Crippen LogP contribution in [0.5, 0.6) is 0 Å². The van der Waals surface area contributed by atoms with E-state index in [1.165, 1.54) is 37.9 Å². The average Bonchev–Trinajstić information content (AvgIpc) is 3.09. The largest absolute Gasteiger partial charge is 0.339 e. The highest BCUT2D eigenvalue weighted by Crippen LogP contribution is 2.23. The van der Waals surface area contributed by atoms with Crippen molar-refractivity contribution in [3.63, 3.8) is 0 Å². The average molecular weight is 374 g/mol. The van der Waals surface area contributed by atoms with Gasteiger partial charge in [0.15, 0.2) is 0 Å². The van der Waals surface area contributed by atoms with Crippen molar-refractivity contribution in [3.05, 3.63) is 35.4 Å². The van der Waals surface area contributed by atoms with Crippen LogP contribution in [0.1, 0.15) is 42.9 Å². The second-order valence-corrected chi connectivity index (χ2v) is 6.71. The summed E-state index contributed by atoms with van der Waals surface area (Å²) in [6.45, 7) is 6.12. The third kappa shape index (κ3) is 4.85. The van der Waals surface area contributed by atoms with Gasteiger partial charge in [-0.15, -0.1) is 24.8 Å². The van der Waals surface area contributed by atoms with Crippen LogP contribution in [0.4, 0.5) is 0 Å². The molecule has 2 unspecified atom stereocenters. The molecule has 1 aromatic rings. The molecular formula is C18H29Cl2N3O. The van der Waals surface area contributed by atoms with E-state index in [9.17, 15) is 4.79 Å². The number of nitrogens with zero attached hydrogens (tertiary/aromatic N) is 2. The topological polar surface area (TPSA) is 49.6 Å². The second-order valence-electron chi connectivity index (χ2n) is 6.71. The smallest absolute Gasteiger partial charge is 0.244 e. The number of hydrogen-bond donors (Lipinski definition) is 1. The van der Waals surface area contributed by atoms with Gasteiger partial charge in [0, 0.05) is 19.1 Å². The van der Waals surface area contributed by atoms with Crippen molar-refractivity contribution in [2.24, 2.45) is 5.73 Å². The normalized spacial score (nSPS) is 22.4. The molecule has 4 nitrogen and oxygen atoms in total. The fourth-order valence-electron chi connectivity index (χ4n) is 3.67. The van der Waals surface area contributed by atoms with Crippen molar-refractivity contribution in [3.8, 4) is 0 Å². The van der Waals surface area contributed by atoms with Crippen molar-refractivity contribution in [2.75, 3.05) is 26.2 Å². The summed E-state index contributed by atoms with van der Waals surface area (Å²) in [5, 5.41) is 0. The molecule has 2 aliphatic heterocycles. The van der Waals surface area contributed by atoms with Crippen LogP contribution in [-0.2, 0) is 4.79 Å². The van der Waals surface area contributed by atoms with Gasteiger partial charge in [0.1, 0.15) is 6.04 Å². The molecule has 1 aromatic carbocycles. The number of carbonyl (C=O) groups is 1. The fraction of sp³-hybridized carbons (Fsp3) is 0.611. The minimum atomic E-state index is -0.530. The van der Waals surface area contributed by atoms with Crippen LogP contribution < -0.4 is 5.73 Å². The molecule has 24 heavy (non-hydrogen) atoms. The minimum absolute atomic E-state index is 0. The molecule has 136 valence electrons. The molecule has 6 heteroatoms. The second kappa shape index (κ2) is 9.62. The van der Waals surface area contributed by atoms with Crippen LogP contribution in [0.15, 0.2) is 24.3 Å². The predicted octanol–water partition coefficient (Wildman–Crippen LogP) is 2.93. The molecule has 1 amide bonds. The lowest BCUT2D eigenvalue weighted by atomic mass is 10.0. The number of halogens is 2. The van der Waals surface area contributed by atoms with Gasteiger partial charge in [-0.2, -0.15) is 0 Å². The first-order chi connectivity index (χ1) is 10.6. The third-order valence-electron chi connectivity index (χ3n) is 5.07. The molecule has 0 spiro atoms. The molecule has 2 heterocycles. The van der Waals surface area contributed by atoms with Gasteiger partial charge in [0.2, 0.25) is 5.91 Å². The van der Waals surface area contributed by atoms with Crippen LogP contribution in [-0.4, -0.2) is 47.9 Å². The number of likely N-dealkylation sites (tertiary alicyclic amines) is 2. The van der Waals surface area contributed by atoms with E-state index < -0.39 is 6.04 Å².